The minimum Gasteiger partial charge on any atom is -0.373 e. The molecule has 0 radical (unpaired) electrons. The van der Waals surface area contributed by atoms with E-state index >= 15 is 0 Å². The van der Waals surface area contributed by atoms with Gasteiger partial charge in [-0.2, -0.15) is 0 Å². The number of hydrogen-bond donors (Lipinski definition) is 1. The minimum atomic E-state index is 0.148. The van der Waals surface area contributed by atoms with Crippen LogP contribution in [-0.2, 0) is 4.79 Å². The summed E-state index contributed by atoms with van der Waals surface area (Å²) in [6.07, 6.45) is 2.94. The summed E-state index contributed by atoms with van der Waals surface area (Å²) in [5.41, 5.74) is 0. The SMILES string of the molecule is CNc1cc(N2CCCN(C(C)=O)CC2)nc(SC)n1. The Morgan fingerprint density at radius 3 is 2.75 bits per heavy atom. The fraction of sp³-hybridized carbons (Fsp3) is 0.615. The van der Waals surface area contributed by atoms with Gasteiger partial charge in [-0.1, -0.05) is 11.8 Å². The van der Waals surface area contributed by atoms with Gasteiger partial charge >= 0.3 is 0 Å². The molecule has 7 heteroatoms. The second kappa shape index (κ2) is 6.78. The van der Waals surface area contributed by atoms with Gasteiger partial charge in [-0.25, -0.2) is 9.97 Å². The number of thioether (sulfide) groups is 1. The molecule has 0 bridgehead atoms. The molecule has 1 aromatic heterocycles. The van der Waals surface area contributed by atoms with Crippen LogP contribution in [0, 0.1) is 0 Å². The van der Waals surface area contributed by atoms with Crippen LogP contribution in [0.15, 0.2) is 11.2 Å². The lowest BCUT2D eigenvalue weighted by atomic mass is 10.3. The van der Waals surface area contributed by atoms with Gasteiger partial charge < -0.3 is 15.1 Å². The molecule has 0 atom stereocenters. The van der Waals surface area contributed by atoms with E-state index in [1.165, 1.54) is 11.8 Å². The van der Waals surface area contributed by atoms with Crippen LogP contribution in [-0.4, -0.2) is 60.3 Å². The first-order valence-corrected chi connectivity index (χ1v) is 7.98. The van der Waals surface area contributed by atoms with Gasteiger partial charge in [0.05, 0.1) is 0 Å². The van der Waals surface area contributed by atoms with E-state index in [9.17, 15) is 4.79 Å². The highest BCUT2D eigenvalue weighted by Crippen LogP contribution is 2.21. The van der Waals surface area contributed by atoms with Gasteiger partial charge in [0, 0.05) is 46.2 Å². The van der Waals surface area contributed by atoms with Crippen LogP contribution in [0.1, 0.15) is 13.3 Å². The van der Waals surface area contributed by atoms with E-state index in [1.807, 2.05) is 24.3 Å². The zero-order valence-electron chi connectivity index (χ0n) is 12.2. The van der Waals surface area contributed by atoms with Crippen molar-refractivity contribution in [2.45, 2.75) is 18.5 Å². The van der Waals surface area contributed by atoms with E-state index in [-0.39, 0.29) is 5.91 Å². The Balaban J connectivity index is 2.16. The highest BCUT2D eigenvalue weighted by Gasteiger charge is 2.18. The van der Waals surface area contributed by atoms with E-state index in [4.69, 9.17) is 0 Å². The van der Waals surface area contributed by atoms with Crippen molar-refractivity contribution in [1.82, 2.24) is 14.9 Å². The Kier molecular flexibility index (Phi) is 5.05. The lowest BCUT2D eigenvalue weighted by molar-refractivity contribution is -0.128. The van der Waals surface area contributed by atoms with Crippen molar-refractivity contribution < 1.29 is 4.79 Å². The zero-order valence-corrected chi connectivity index (χ0v) is 13.0. The third kappa shape index (κ3) is 3.53. The molecule has 0 saturated carbocycles. The van der Waals surface area contributed by atoms with Gasteiger partial charge in [0.25, 0.3) is 0 Å². The van der Waals surface area contributed by atoms with Crippen molar-refractivity contribution in [2.24, 2.45) is 0 Å². The Morgan fingerprint density at radius 2 is 2.10 bits per heavy atom. The van der Waals surface area contributed by atoms with E-state index in [2.05, 4.69) is 20.2 Å². The minimum absolute atomic E-state index is 0.148. The quantitative estimate of drug-likeness (QED) is 0.670. The molecule has 110 valence electrons. The van der Waals surface area contributed by atoms with Crippen molar-refractivity contribution in [3.8, 4) is 0 Å². The molecule has 2 heterocycles. The first-order chi connectivity index (χ1) is 9.63. The van der Waals surface area contributed by atoms with Crippen LogP contribution in [0.5, 0.6) is 0 Å². The van der Waals surface area contributed by atoms with Crippen LogP contribution in [0.25, 0.3) is 0 Å². The molecular formula is C13H21N5OS. The van der Waals surface area contributed by atoms with Crippen molar-refractivity contribution in [2.75, 3.05) is 49.7 Å². The second-order valence-corrected chi connectivity index (χ2v) is 5.47. The molecule has 1 amide bonds. The summed E-state index contributed by atoms with van der Waals surface area (Å²) in [5.74, 6) is 1.90. The molecule has 1 fully saturated rings. The number of anilines is 2. The monoisotopic (exact) mass is 295 g/mol. The average molecular weight is 295 g/mol. The fourth-order valence-electron chi connectivity index (χ4n) is 2.26. The highest BCUT2D eigenvalue weighted by atomic mass is 32.2. The van der Waals surface area contributed by atoms with Gasteiger partial charge in [0.15, 0.2) is 5.16 Å². The zero-order chi connectivity index (χ0) is 14.5. The number of carbonyl (C=O) groups excluding carboxylic acids is 1. The normalized spacial score (nSPS) is 15.9. The van der Waals surface area contributed by atoms with E-state index in [0.29, 0.717) is 0 Å². The molecule has 0 aliphatic carbocycles. The summed E-state index contributed by atoms with van der Waals surface area (Å²) in [6, 6.07) is 1.96. The molecule has 1 aromatic rings. The molecule has 2 rings (SSSR count). The number of nitrogens with zero attached hydrogens (tertiary/aromatic N) is 4. The van der Waals surface area contributed by atoms with Crippen LogP contribution >= 0.6 is 11.8 Å². The number of hydrogen-bond acceptors (Lipinski definition) is 6. The van der Waals surface area contributed by atoms with Crippen molar-refractivity contribution in [3.05, 3.63) is 6.07 Å². The van der Waals surface area contributed by atoms with Crippen molar-refractivity contribution in [3.63, 3.8) is 0 Å². The summed E-state index contributed by atoms with van der Waals surface area (Å²) in [6.45, 7) is 4.94. The molecule has 1 aliphatic rings. The van der Waals surface area contributed by atoms with E-state index in [0.717, 1.165) is 49.4 Å². The van der Waals surface area contributed by atoms with Gasteiger partial charge in [-0.05, 0) is 12.7 Å². The molecule has 1 aliphatic heterocycles. The maximum absolute atomic E-state index is 11.5. The molecule has 0 aromatic carbocycles. The second-order valence-electron chi connectivity index (χ2n) is 4.69. The van der Waals surface area contributed by atoms with Crippen LogP contribution in [0.3, 0.4) is 0 Å². The Bertz CT molecular complexity index is 460. The topological polar surface area (TPSA) is 61.4 Å². The standard InChI is InChI=1S/C13H21N5OS/c1-10(19)17-5-4-6-18(8-7-17)12-9-11(14-2)15-13(16-12)20-3/h9H,4-8H2,1-3H3,(H,14,15,16). The number of aromatic nitrogens is 2. The van der Waals surface area contributed by atoms with Gasteiger partial charge in [0.2, 0.25) is 5.91 Å². The molecule has 0 spiro atoms. The number of rotatable bonds is 3. The summed E-state index contributed by atoms with van der Waals surface area (Å²) < 4.78 is 0. The maximum atomic E-state index is 11.5. The Hall–Kier alpha value is -1.50. The number of carbonyl (C=O) groups is 1. The molecule has 0 unspecified atom stereocenters. The molecule has 6 nitrogen and oxygen atoms in total. The van der Waals surface area contributed by atoms with Crippen LogP contribution in [0.4, 0.5) is 11.6 Å². The van der Waals surface area contributed by atoms with Crippen molar-refractivity contribution >= 4 is 29.3 Å². The smallest absolute Gasteiger partial charge is 0.219 e. The van der Waals surface area contributed by atoms with Gasteiger partial charge in [0.1, 0.15) is 11.6 Å². The molecular weight excluding hydrogens is 274 g/mol. The lowest BCUT2D eigenvalue weighted by Crippen LogP contribution is -2.33. The van der Waals surface area contributed by atoms with Gasteiger partial charge in [-0.3, -0.25) is 4.79 Å². The Labute approximate surface area is 124 Å². The summed E-state index contributed by atoms with van der Waals surface area (Å²) in [7, 11) is 1.86. The summed E-state index contributed by atoms with van der Waals surface area (Å²) in [5, 5.41) is 3.83. The molecule has 1 saturated heterocycles. The van der Waals surface area contributed by atoms with Crippen LogP contribution in [0.2, 0.25) is 0 Å². The highest BCUT2D eigenvalue weighted by molar-refractivity contribution is 7.98. The largest absolute Gasteiger partial charge is 0.373 e. The first-order valence-electron chi connectivity index (χ1n) is 6.75. The lowest BCUT2D eigenvalue weighted by Gasteiger charge is -2.23. The maximum Gasteiger partial charge on any atom is 0.219 e. The molecule has 20 heavy (non-hydrogen) atoms. The first kappa shape index (κ1) is 14.9. The number of nitrogens with one attached hydrogen (secondary N) is 1. The summed E-state index contributed by atoms with van der Waals surface area (Å²) >= 11 is 1.53. The van der Waals surface area contributed by atoms with Gasteiger partial charge in [-0.15, -0.1) is 0 Å². The third-order valence-corrected chi connectivity index (χ3v) is 3.94. The Morgan fingerprint density at radius 1 is 1.30 bits per heavy atom. The van der Waals surface area contributed by atoms with E-state index in [1.54, 1.807) is 6.92 Å². The van der Waals surface area contributed by atoms with Crippen LogP contribution < -0.4 is 10.2 Å². The number of amides is 1. The third-order valence-electron chi connectivity index (χ3n) is 3.40. The van der Waals surface area contributed by atoms with Crippen molar-refractivity contribution in [1.29, 1.82) is 0 Å². The fourth-order valence-corrected chi connectivity index (χ4v) is 2.63. The summed E-state index contributed by atoms with van der Waals surface area (Å²) in [4.78, 5) is 24.5. The average Bonchev–Trinajstić information content (AvgIpc) is 2.72. The van der Waals surface area contributed by atoms with E-state index < -0.39 is 0 Å². The molecule has 1 N–H and O–H groups in total. The predicted octanol–water partition coefficient (Wildman–Crippen LogP) is 1.30. The predicted molar refractivity (Wildman–Crippen MR) is 82.4 cm³/mol.